The first-order valence-corrected chi connectivity index (χ1v) is 7.70. The predicted octanol–water partition coefficient (Wildman–Crippen LogP) is 3.78. The third kappa shape index (κ3) is 3.76. The molecule has 2 aromatic rings. The molecule has 2 rings (SSSR count). The number of carbonyl (C=O) groups is 1. The highest BCUT2D eigenvalue weighted by Gasteiger charge is 2.17. The molecule has 1 N–H and O–H groups in total. The molecule has 0 atom stereocenters. The minimum Gasteiger partial charge on any atom is -0.493 e. The number of methoxy groups -OCH3 is 1. The molecule has 1 aromatic heterocycles. The summed E-state index contributed by atoms with van der Waals surface area (Å²) in [6.45, 7) is 6.28. The third-order valence-corrected chi connectivity index (χ3v) is 3.46. The van der Waals surface area contributed by atoms with Gasteiger partial charge in [0, 0.05) is 17.7 Å². The average molecular weight is 338 g/mol. The molecule has 0 radical (unpaired) electrons. The number of rotatable bonds is 6. The molecule has 124 valence electrons. The molecule has 0 aliphatic carbocycles. The topological polar surface area (TPSA) is 65.4 Å². The first kappa shape index (κ1) is 17.1. The Morgan fingerprint density at radius 3 is 2.78 bits per heavy atom. The van der Waals surface area contributed by atoms with Gasteiger partial charge in [-0.15, -0.1) is 0 Å². The van der Waals surface area contributed by atoms with E-state index < -0.39 is 0 Å². The Bertz CT molecular complexity index is 698. The number of amides is 1. The number of hydrogen-bond acceptors (Lipinski definition) is 4. The summed E-state index contributed by atoms with van der Waals surface area (Å²) in [6, 6.07) is 5.03. The molecule has 0 bridgehead atoms. The normalized spacial score (nSPS) is 10.7. The second-order valence-electron chi connectivity index (χ2n) is 5.13. The zero-order valence-corrected chi connectivity index (χ0v) is 14.3. The van der Waals surface area contributed by atoms with Crippen molar-refractivity contribution in [3.8, 4) is 11.5 Å². The van der Waals surface area contributed by atoms with E-state index in [1.165, 1.54) is 7.11 Å². The van der Waals surface area contributed by atoms with Crippen molar-refractivity contribution in [2.75, 3.05) is 19.0 Å². The molecule has 0 saturated heterocycles. The number of ether oxygens (including phenoxy) is 2. The second kappa shape index (κ2) is 7.37. The SMILES string of the molecule is CCOc1c(Cl)cc(C(=O)Nc2ccnn2C(C)C)cc1OC. The van der Waals surface area contributed by atoms with E-state index in [1.54, 1.807) is 29.1 Å². The van der Waals surface area contributed by atoms with Crippen LogP contribution in [0.3, 0.4) is 0 Å². The summed E-state index contributed by atoms with van der Waals surface area (Å²) in [5, 5.41) is 7.34. The molecule has 0 aliphatic rings. The van der Waals surface area contributed by atoms with Gasteiger partial charge in [0.05, 0.1) is 24.9 Å². The molecule has 0 fully saturated rings. The van der Waals surface area contributed by atoms with Crippen molar-refractivity contribution in [1.82, 2.24) is 9.78 Å². The quantitative estimate of drug-likeness (QED) is 0.871. The van der Waals surface area contributed by atoms with E-state index >= 15 is 0 Å². The van der Waals surface area contributed by atoms with Gasteiger partial charge in [-0.2, -0.15) is 5.10 Å². The lowest BCUT2D eigenvalue weighted by atomic mass is 10.2. The van der Waals surface area contributed by atoms with E-state index in [-0.39, 0.29) is 11.9 Å². The van der Waals surface area contributed by atoms with Gasteiger partial charge in [0.25, 0.3) is 5.91 Å². The largest absolute Gasteiger partial charge is 0.493 e. The maximum absolute atomic E-state index is 12.5. The van der Waals surface area contributed by atoms with Gasteiger partial charge in [-0.25, -0.2) is 4.68 Å². The van der Waals surface area contributed by atoms with Crippen molar-refractivity contribution in [3.05, 3.63) is 35.0 Å². The summed E-state index contributed by atoms with van der Waals surface area (Å²) in [7, 11) is 1.50. The number of carbonyl (C=O) groups excluding carboxylic acids is 1. The summed E-state index contributed by atoms with van der Waals surface area (Å²) in [6.07, 6.45) is 1.64. The van der Waals surface area contributed by atoms with Crippen molar-refractivity contribution in [2.45, 2.75) is 26.8 Å². The number of nitrogens with zero attached hydrogens (tertiary/aromatic N) is 2. The summed E-state index contributed by atoms with van der Waals surface area (Å²) >= 11 is 6.20. The Balaban J connectivity index is 2.29. The molecule has 0 saturated carbocycles. The predicted molar refractivity (Wildman–Crippen MR) is 89.7 cm³/mol. The van der Waals surface area contributed by atoms with E-state index in [0.717, 1.165) is 0 Å². The maximum Gasteiger partial charge on any atom is 0.257 e. The van der Waals surface area contributed by atoms with Crippen LogP contribution in [0.1, 0.15) is 37.2 Å². The number of hydrogen-bond donors (Lipinski definition) is 1. The highest BCUT2D eigenvalue weighted by molar-refractivity contribution is 6.32. The first-order chi connectivity index (χ1) is 11.0. The fourth-order valence-corrected chi connectivity index (χ4v) is 2.41. The van der Waals surface area contributed by atoms with E-state index in [2.05, 4.69) is 10.4 Å². The number of halogens is 1. The standard InChI is InChI=1S/C16H20ClN3O3/c1-5-23-15-12(17)8-11(9-13(15)22-4)16(21)19-14-6-7-18-20(14)10(2)3/h6-10H,5H2,1-4H3,(H,19,21). The molecule has 1 heterocycles. The van der Waals surface area contributed by atoms with E-state index in [1.807, 2.05) is 20.8 Å². The Hall–Kier alpha value is -2.21. The van der Waals surface area contributed by atoms with Crippen LogP contribution >= 0.6 is 11.6 Å². The van der Waals surface area contributed by atoms with Gasteiger partial charge in [-0.3, -0.25) is 4.79 Å². The van der Waals surface area contributed by atoms with Crippen LogP contribution in [-0.4, -0.2) is 29.4 Å². The van der Waals surface area contributed by atoms with Crippen LogP contribution in [-0.2, 0) is 0 Å². The van der Waals surface area contributed by atoms with Crippen LogP contribution in [0.5, 0.6) is 11.5 Å². The van der Waals surface area contributed by atoms with Crippen molar-refractivity contribution in [2.24, 2.45) is 0 Å². The Morgan fingerprint density at radius 2 is 2.17 bits per heavy atom. The molecular weight excluding hydrogens is 318 g/mol. The summed E-state index contributed by atoms with van der Waals surface area (Å²) in [5.74, 6) is 1.17. The molecule has 6 nitrogen and oxygen atoms in total. The van der Waals surface area contributed by atoms with Gasteiger partial charge in [-0.1, -0.05) is 11.6 Å². The van der Waals surface area contributed by atoms with E-state index in [4.69, 9.17) is 21.1 Å². The first-order valence-electron chi connectivity index (χ1n) is 7.33. The maximum atomic E-state index is 12.5. The lowest BCUT2D eigenvalue weighted by Crippen LogP contribution is -2.17. The number of aromatic nitrogens is 2. The zero-order valence-electron chi connectivity index (χ0n) is 13.6. The molecule has 0 aliphatic heterocycles. The lowest BCUT2D eigenvalue weighted by molar-refractivity contribution is 0.102. The fraction of sp³-hybridized carbons (Fsp3) is 0.375. The van der Waals surface area contributed by atoms with Gasteiger partial charge < -0.3 is 14.8 Å². The second-order valence-corrected chi connectivity index (χ2v) is 5.54. The van der Waals surface area contributed by atoms with E-state index in [9.17, 15) is 4.79 Å². The van der Waals surface area contributed by atoms with Crippen molar-refractivity contribution >= 4 is 23.3 Å². The lowest BCUT2D eigenvalue weighted by Gasteiger charge is -2.14. The van der Waals surface area contributed by atoms with Gasteiger partial charge in [-0.05, 0) is 32.9 Å². The van der Waals surface area contributed by atoms with Crippen LogP contribution in [0.25, 0.3) is 0 Å². The van der Waals surface area contributed by atoms with E-state index in [0.29, 0.717) is 34.5 Å². The summed E-state index contributed by atoms with van der Waals surface area (Å²) in [5.41, 5.74) is 0.381. The fourth-order valence-electron chi connectivity index (χ4n) is 2.15. The number of benzene rings is 1. The molecular formula is C16H20ClN3O3. The van der Waals surface area contributed by atoms with Crippen molar-refractivity contribution in [1.29, 1.82) is 0 Å². The molecule has 23 heavy (non-hydrogen) atoms. The van der Waals surface area contributed by atoms with Crippen LogP contribution in [0, 0.1) is 0 Å². The minimum atomic E-state index is -0.296. The molecule has 0 unspecified atom stereocenters. The van der Waals surface area contributed by atoms with Gasteiger partial charge in [0.1, 0.15) is 5.82 Å². The van der Waals surface area contributed by atoms with Crippen LogP contribution in [0.4, 0.5) is 5.82 Å². The Labute approximate surface area is 140 Å². The molecule has 1 aromatic carbocycles. The highest BCUT2D eigenvalue weighted by Crippen LogP contribution is 2.36. The van der Waals surface area contributed by atoms with Crippen LogP contribution < -0.4 is 14.8 Å². The number of nitrogens with one attached hydrogen (secondary N) is 1. The summed E-state index contributed by atoms with van der Waals surface area (Å²) < 4.78 is 12.4. The van der Waals surface area contributed by atoms with Crippen LogP contribution in [0.15, 0.2) is 24.4 Å². The van der Waals surface area contributed by atoms with Gasteiger partial charge >= 0.3 is 0 Å². The monoisotopic (exact) mass is 337 g/mol. The zero-order chi connectivity index (χ0) is 17.0. The molecule has 1 amide bonds. The van der Waals surface area contributed by atoms with Crippen molar-refractivity contribution < 1.29 is 14.3 Å². The molecule has 0 spiro atoms. The van der Waals surface area contributed by atoms with Gasteiger partial charge in [0.15, 0.2) is 11.5 Å². The summed E-state index contributed by atoms with van der Waals surface area (Å²) in [4.78, 5) is 12.5. The smallest absolute Gasteiger partial charge is 0.257 e. The van der Waals surface area contributed by atoms with Crippen LogP contribution in [0.2, 0.25) is 5.02 Å². The average Bonchev–Trinajstić information content (AvgIpc) is 2.97. The van der Waals surface area contributed by atoms with Gasteiger partial charge in [0.2, 0.25) is 0 Å². The molecule has 7 heteroatoms. The minimum absolute atomic E-state index is 0.138. The Kier molecular flexibility index (Phi) is 5.50. The van der Waals surface area contributed by atoms with Crippen molar-refractivity contribution in [3.63, 3.8) is 0 Å². The third-order valence-electron chi connectivity index (χ3n) is 3.18. The number of anilines is 1. The highest BCUT2D eigenvalue weighted by atomic mass is 35.5. The Morgan fingerprint density at radius 1 is 1.43 bits per heavy atom.